The molecule has 0 spiro atoms. The van der Waals surface area contributed by atoms with Crippen molar-refractivity contribution in [1.29, 1.82) is 0 Å². The Bertz CT molecular complexity index is 564. The van der Waals surface area contributed by atoms with Gasteiger partial charge in [0.25, 0.3) is 0 Å². The molecule has 0 saturated carbocycles. The second-order valence-electron chi connectivity index (χ2n) is 4.56. The Balaban J connectivity index is 2.29. The van der Waals surface area contributed by atoms with Crippen molar-refractivity contribution in [3.8, 4) is 11.1 Å². The molecule has 0 unspecified atom stereocenters. The monoisotopic (exact) mass is 277 g/mol. The first-order valence-electron chi connectivity index (χ1n) is 6.37. The Hall–Kier alpha value is -1.38. The van der Waals surface area contributed by atoms with Gasteiger partial charge in [-0.25, -0.2) is 4.39 Å². The number of hydrogen-bond acceptors (Lipinski definition) is 1. The van der Waals surface area contributed by atoms with Crippen LogP contribution in [0.15, 0.2) is 36.4 Å². The minimum absolute atomic E-state index is 0.266. The molecule has 0 aromatic heterocycles. The van der Waals surface area contributed by atoms with Gasteiger partial charge in [0.15, 0.2) is 0 Å². The van der Waals surface area contributed by atoms with E-state index in [-0.39, 0.29) is 5.82 Å². The average molecular weight is 278 g/mol. The van der Waals surface area contributed by atoms with Gasteiger partial charge in [-0.15, -0.1) is 0 Å². The highest BCUT2D eigenvalue weighted by Gasteiger charge is 2.07. The number of nitrogens with one attached hydrogen (secondary N) is 1. The third-order valence-corrected chi connectivity index (χ3v) is 3.41. The summed E-state index contributed by atoms with van der Waals surface area (Å²) in [6, 6.07) is 11.3. The molecule has 0 fully saturated rings. The van der Waals surface area contributed by atoms with Gasteiger partial charge in [0.1, 0.15) is 5.82 Å². The van der Waals surface area contributed by atoms with Crippen molar-refractivity contribution in [2.45, 2.75) is 20.4 Å². The minimum atomic E-state index is -0.266. The van der Waals surface area contributed by atoms with E-state index in [1.165, 1.54) is 11.6 Å². The molecule has 0 aliphatic heterocycles. The Labute approximate surface area is 118 Å². The summed E-state index contributed by atoms with van der Waals surface area (Å²) in [6.45, 7) is 5.63. The molecule has 1 N–H and O–H groups in total. The molecular formula is C16H17ClFN. The first kappa shape index (κ1) is 14.0. The highest BCUT2D eigenvalue weighted by Crippen LogP contribution is 2.30. The van der Waals surface area contributed by atoms with Crippen LogP contribution >= 0.6 is 11.6 Å². The lowest BCUT2D eigenvalue weighted by Crippen LogP contribution is -2.11. The van der Waals surface area contributed by atoms with Gasteiger partial charge < -0.3 is 5.32 Å². The lowest BCUT2D eigenvalue weighted by atomic mass is 10.0. The summed E-state index contributed by atoms with van der Waals surface area (Å²) in [6.07, 6.45) is 0. The van der Waals surface area contributed by atoms with E-state index in [2.05, 4.69) is 24.4 Å². The molecule has 2 aromatic carbocycles. The van der Waals surface area contributed by atoms with Crippen LogP contribution in [0, 0.1) is 12.7 Å². The highest BCUT2D eigenvalue weighted by molar-refractivity contribution is 6.33. The van der Waals surface area contributed by atoms with Crippen molar-refractivity contribution in [3.05, 3.63) is 58.4 Å². The molecule has 0 saturated heterocycles. The molecule has 100 valence electrons. The molecule has 0 atom stereocenters. The summed E-state index contributed by atoms with van der Waals surface area (Å²) in [5, 5.41) is 3.72. The Morgan fingerprint density at radius 3 is 2.47 bits per heavy atom. The van der Waals surface area contributed by atoms with Gasteiger partial charge in [0.05, 0.1) is 5.02 Å². The van der Waals surface area contributed by atoms with Gasteiger partial charge in [-0.05, 0) is 42.3 Å². The lowest BCUT2D eigenvalue weighted by Gasteiger charge is -2.08. The fourth-order valence-electron chi connectivity index (χ4n) is 1.95. The quantitative estimate of drug-likeness (QED) is 0.864. The van der Waals surface area contributed by atoms with Crippen LogP contribution in [-0.4, -0.2) is 6.54 Å². The van der Waals surface area contributed by atoms with Crippen LogP contribution in [0.5, 0.6) is 0 Å². The third-order valence-electron chi connectivity index (χ3n) is 3.09. The van der Waals surface area contributed by atoms with Crippen molar-refractivity contribution in [2.24, 2.45) is 0 Å². The second kappa shape index (κ2) is 6.18. The van der Waals surface area contributed by atoms with Crippen LogP contribution in [0.25, 0.3) is 11.1 Å². The zero-order chi connectivity index (χ0) is 13.8. The summed E-state index contributed by atoms with van der Waals surface area (Å²) in [5.41, 5.74) is 3.71. The number of rotatable bonds is 4. The molecule has 2 aromatic rings. The predicted octanol–water partition coefficient (Wildman–Crippen LogP) is 4.56. The molecule has 0 radical (unpaired) electrons. The maximum atomic E-state index is 13.4. The summed E-state index contributed by atoms with van der Waals surface area (Å²) in [5.74, 6) is -0.266. The molecule has 2 rings (SSSR count). The van der Waals surface area contributed by atoms with E-state index in [9.17, 15) is 4.39 Å². The molecule has 0 heterocycles. The van der Waals surface area contributed by atoms with Crippen LogP contribution in [-0.2, 0) is 6.54 Å². The van der Waals surface area contributed by atoms with Crippen LogP contribution in [0.1, 0.15) is 18.1 Å². The van der Waals surface area contributed by atoms with Crippen LogP contribution in [0.2, 0.25) is 5.02 Å². The van der Waals surface area contributed by atoms with Crippen molar-refractivity contribution < 1.29 is 4.39 Å². The number of aryl methyl sites for hydroxylation is 1. The molecule has 19 heavy (non-hydrogen) atoms. The summed E-state index contributed by atoms with van der Waals surface area (Å²) >= 11 is 6.11. The van der Waals surface area contributed by atoms with Crippen LogP contribution in [0.4, 0.5) is 4.39 Å². The smallest absolute Gasteiger partial charge is 0.127 e. The molecule has 1 nitrogen and oxygen atoms in total. The van der Waals surface area contributed by atoms with Crippen molar-refractivity contribution in [3.63, 3.8) is 0 Å². The first-order chi connectivity index (χ1) is 9.11. The fraction of sp³-hybridized carbons (Fsp3) is 0.250. The van der Waals surface area contributed by atoms with Crippen molar-refractivity contribution >= 4 is 11.6 Å². The topological polar surface area (TPSA) is 12.0 Å². The fourth-order valence-corrected chi connectivity index (χ4v) is 2.21. The van der Waals surface area contributed by atoms with Crippen molar-refractivity contribution in [2.75, 3.05) is 6.54 Å². The van der Waals surface area contributed by atoms with Crippen molar-refractivity contribution in [1.82, 2.24) is 5.32 Å². The number of halogens is 2. The lowest BCUT2D eigenvalue weighted by molar-refractivity contribution is 0.619. The van der Waals surface area contributed by atoms with Gasteiger partial charge >= 0.3 is 0 Å². The average Bonchev–Trinajstić information content (AvgIpc) is 2.41. The third kappa shape index (κ3) is 3.34. The van der Waals surface area contributed by atoms with Gasteiger partial charge in [-0.2, -0.15) is 0 Å². The molecule has 0 aliphatic rings. The Morgan fingerprint density at radius 2 is 1.84 bits per heavy atom. The summed E-state index contributed by atoms with van der Waals surface area (Å²) in [7, 11) is 0. The zero-order valence-corrected chi connectivity index (χ0v) is 11.9. The summed E-state index contributed by atoms with van der Waals surface area (Å²) < 4.78 is 13.4. The van der Waals surface area contributed by atoms with E-state index < -0.39 is 0 Å². The molecular weight excluding hydrogens is 261 g/mol. The standard InChI is InChI=1S/C16H17ClFN/c1-3-19-10-12-4-6-13(7-5-12)14-8-11(2)16(18)9-15(14)17/h4-9,19H,3,10H2,1-2H3. The summed E-state index contributed by atoms with van der Waals surface area (Å²) in [4.78, 5) is 0. The molecule has 0 bridgehead atoms. The van der Waals surface area contributed by atoms with Crippen LogP contribution in [0.3, 0.4) is 0 Å². The molecule has 0 aliphatic carbocycles. The van der Waals surface area contributed by atoms with Crippen LogP contribution < -0.4 is 5.32 Å². The number of benzene rings is 2. The maximum Gasteiger partial charge on any atom is 0.127 e. The van der Waals surface area contributed by atoms with E-state index in [1.54, 1.807) is 13.0 Å². The number of hydrogen-bond donors (Lipinski definition) is 1. The molecule has 0 amide bonds. The predicted molar refractivity (Wildman–Crippen MR) is 79.0 cm³/mol. The first-order valence-corrected chi connectivity index (χ1v) is 6.75. The Morgan fingerprint density at radius 1 is 1.16 bits per heavy atom. The largest absolute Gasteiger partial charge is 0.313 e. The van der Waals surface area contributed by atoms with Gasteiger partial charge in [-0.1, -0.05) is 42.8 Å². The van der Waals surface area contributed by atoms with E-state index >= 15 is 0 Å². The van der Waals surface area contributed by atoms with Gasteiger partial charge in [0, 0.05) is 12.1 Å². The maximum absolute atomic E-state index is 13.4. The van der Waals surface area contributed by atoms with Gasteiger partial charge in [-0.3, -0.25) is 0 Å². The van der Waals surface area contributed by atoms with Gasteiger partial charge in [0.2, 0.25) is 0 Å². The SMILES string of the molecule is CCNCc1ccc(-c2cc(C)c(F)cc2Cl)cc1. The van der Waals surface area contributed by atoms with E-state index in [4.69, 9.17) is 11.6 Å². The molecule has 3 heteroatoms. The minimum Gasteiger partial charge on any atom is -0.313 e. The zero-order valence-electron chi connectivity index (χ0n) is 11.1. The van der Waals surface area contributed by atoms with E-state index in [0.717, 1.165) is 24.2 Å². The van der Waals surface area contributed by atoms with E-state index in [0.29, 0.717) is 10.6 Å². The highest BCUT2D eigenvalue weighted by atomic mass is 35.5. The Kier molecular flexibility index (Phi) is 4.56. The second-order valence-corrected chi connectivity index (χ2v) is 4.97. The normalized spacial score (nSPS) is 10.7. The van der Waals surface area contributed by atoms with E-state index in [1.807, 2.05) is 12.1 Å².